The highest BCUT2D eigenvalue weighted by Crippen LogP contribution is 2.17. The lowest BCUT2D eigenvalue weighted by molar-refractivity contribution is 0.208. The molecule has 0 unspecified atom stereocenters. The van der Waals surface area contributed by atoms with E-state index in [2.05, 4.69) is 26.5 Å². The van der Waals surface area contributed by atoms with Crippen LogP contribution < -0.4 is 16.0 Å². The van der Waals surface area contributed by atoms with Gasteiger partial charge in [-0.3, -0.25) is 9.78 Å². The third kappa shape index (κ3) is 4.53. The van der Waals surface area contributed by atoms with Crippen molar-refractivity contribution in [2.75, 3.05) is 19.6 Å². The van der Waals surface area contributed by atoms with Crippen molar-refractivity contribution in [1.82, 2.24) is 19.6 Å². The van der Waals surface area contributed by atoms with E-state index < -0.39 is 21.3 Å². The second kappa shape index (κ2) is 8.34. The number of aromatic amines is 2. The standard InChI is InChI=1S/C16H22N4O4S.ClH/c1-2-7-20-8-5-11(6-9-20)19-25(23,24)12-3-4-14-13(10-12)15(21)18-16(22)17-14;/h3-4,10-11,19H,2,5-9H2,1H3,(H2,17,18,21,22);1H. The first-order valence-electron chi connectivity index (χ1n) is 8.40. The van der Waals surface area contributed by atoms with Crippen LogP contribution in [0.4, 0.5) is 0 Å². The maximum absolute atomic E-state index is 12.6. The lowest BCUT2D eigenvalue weighted by Gasteiger charge is -2.31. The normalized spacial score (nSPS) is 16.5. The number of nitrogens with one attached hydrogen (secondary N) is 3. The molecule has 26 heavy (non-hydrogen) atoms. The van der Waals surface area contributed by atoms with Gasteiger partial charge in [0.05, 0.1) is 15.8 Å². The van der Waals surface area contributed by atoms with Gasteiger partial charge in [0, 0.05) is 6.04 Å². The Hall–Kier alpha value is -1.68. The molecule has 2 aromatic rings. The third-order valence-corrected chi connectivity index (χ3v) is 5.99. The van der Waals surface area contributed by atoms with Crippen molar-refractivity contribution >= 4 is 33.3 Å². The summed E-state index contributed by atoms with van der Waals surface area (Å²) >= 11 is 0. The number of hydrogen-bond donors (Lipinski definition) is 3. The summed E-state index contributed by atoms with van der Waals surface area (Å²) in [5, 5.41) is 0.139. The van der Waals surface area contributed by atoms with Gasteiger partial charge in [0.2, 0.25) is 10.0 Å². The van der Waals surface area contributed by atoms with E-state index in [0.717, 1.165) is 38.9 Å². The number of piperidine rings is 1. The molecule has 1 saturated heterocycles. The number of hydrogen-bond acceptors (Lipinski definition) is 5. The lowest BCUT2D eigenvalue weighted by atomic mass is 10.1. The number of nitrogens with zero attached hydrogens (tertiary/aromatic N) is 1. The van der Waals surface area contributed by atoms with E-state index in [0.29, 0.717) is 5.52 Å². The number of likely N-dealkylation sites (tertiary alicyclic amines) is 1. The number of H-pyrrole nitrogens is 2. The minimum absolute atomic E-state index is 0. The van der Waals surface area contributed by atoms with E-state index in [1.165, 1.54) is 18.2 Å². The van der Waals surface area contributed by atoms with Crippen LogP contribution in [0.5, 0.6) is 0 Å². The fourth-order valence-corrected chi connectivity index (χ4v) is 4.52. The van der Waals surface area contributed by atoms with Crippen molar-refractivity contribution in [3.63, 3.8) is 0 Å². The monoisotopic (exact) mass is 402 g/mol. The maximum atomic E-state index is 12.6. The largest absolute Gasteiger partial charge is 0.326 e. The van der Waals surface area contributed by atoms with Crippen LogP contribution >= 0.6 is 12.4 Å². The Morgan fingerprint density at radius 1 is 1.19 bits per heavy atom. The van der Waals surface area contributed by atoms with E-state index in [4.69, 9.17) is 0 Å². The summed E-state index contributed by atoms with van der Waals surface area (Å²) in [6, 6.07) is 4.01. The Morgan fingerprint density at radius 3 is 2.54 bits per heavy atom. The molecule has 3 rings (SSSR count). The molecule has 0 aliphatic carbocycles. The Labute approximate surface area is 157 Å². The van der Waals surface area contributed by atoms with Gasteiger partial charge in [0.15, 0.2) is 0 Å². The Balaban J connectivity index is 0.00000243. The molecular formula is C16H23ClN4O4S. The number of sulfonamides is 1. The van der Waals surface area contributed by atoms with Crippen LogP contribution in [-0.4, -0.2) is 49.0 Å². The van der Waals surface area contributed by atoms with Gasteiger partial charge in [-0.05, 0) is 57.1 Å². The average molecular weight is 403 g/mol. The summed E-state index contributed by atoms with van der Waals surface area (Å²) in [5.41, 5.74) is -0.922. The first kappa shape index (κ1) is 20.6. The summed E-state index contributed by atoms with van der Waals surface area (Å²) in [4.78, 5) is 30.1. The predicted octanol–water partition coefficient (Wildman–Crippen LogP) is 0.791. The van der Waals surface area contributed by atoms with Gasteiger partial charge >= 0.3 is 5.69 Å². The van der Waals surface area contributed by atoms with Crippen LogP contribution in [0.1, 0.15) is 26.2 Å². The van der Waals surface area contributed by atoms with Crippen molar-refractivity contribution < 1.29 is 8.42 Å². The molecule has 1 fully saturated rings. The van der Waals surface area contributed by atoms with Crippen LogP contribution in [-0.2, 0) is 10.0 Å². The van der Waals surface area contributed by atoms with Gasteiger partial charge < -0.3 is 9.88 Å². The SMILES string of the molecule is CCCN1CCC(NS(=O)(=O)c2ccc3[nH]c(=O)[nH]c(=O)c3c2)CC1.Cl. The van der Waals surface area contributed by atoms with Crippen molar-refractivity contribution in [2.45, 2.75) is 37.1 Å². The molecule has 1 aliphatic heterocycles. The van der Waals surface area contributed by atoms with Crippen LogP contribution in [0.2, 0.25) is 0 Å². The van der Waals surface area contributed by atoms with Gasteiger partial charge in [-0.25, -0.2) is 17.9 Å². The number of rotatable bonds is 5. The molecule has 10 heteroatoms. The average Bonchev–Trinajstić information content (AvgIpc) is 2.56. The Morgan fingerprint density at radius 2 is 1.88 bits per heavy atom. The Kier molecular flexibility index (Phi) is 6.62. The van der Waals surface area contributed by atoms with Crippen LogP contribution in [0, 0.1) is 0 Å². The van der Waals surface area contributed by atoms with Crippen LogP contribution in [0.15, 0.2) is 32.7 Å². The molecular weight excluding hydrogens is 380 g/mol. The van der Waals surface area contributed by atoms with Gasteiger partial charge in [-0.2, -0.15) is 0 Å². The zero-order valence-corrected chi connectivity index (χ0v) is 16.1. The van der Waals surface area contributed by atoms with Crippen molar-refractivity contribution in [2.24, 2.45) is 0 Å². The van der Waals surface area contributed by atoms with Crippen LogP contribution in [0.25, 0.3) is 10.9 Å². The maximum Gasteiger partial charge on any atom is 0.326 e. The van der Waals surface area contributed by atoms with Crippen LogP contribution in [0.3, 0.4) is 0 Å². The molecule has 0 radical (unpaired) electrons. The molecule has 1 aliphatic rings. The van der Waals surface area contributed by atoms with E-state index in [9.17, 15) is 18.0 Å². The number of halogens is 1. The van der Waals surface area contributed by atoms with Gasteiger partial charge in [-0.1, -0.05) is 6.92 Å². The quantitative estimate of drug-likeness (QED) is 0.684. The number of fused-ring (bicyclic) bond motifs is 1. The van der Waals surface area contributed by atoms with Crippen molar-refractivity contribution in [1.29, 1.82) is 0 Å². The van der Waals surface area contributed by atoms with E-state index in [1.54, 1.807) is 0 Å². The number of benzene rings is 1. The van der Waals surface area contributed by atoms with Gasteiger partial charge in [0.25, 0.3) is 5.56 Å². The first-order valence-corrected chi connectivity index (χ1v) is 9.88. The minimum Gasteiger partial charge on any atom is -0.307 e. The first-order chi connectivity index (χ1) is 11.9. The fraction of sp³-hybridized carbons (Fsp3) is 0.500. The summed E-state index contributed by atoms with van der Waals surface area (Å²) in [7, 11) is -3.72. The third-order valence-electron chi connectivity index (χ3n) is 4.47. The summed E-state index contributed by atoms with van der Waals surface area (Å²) in [6.07, 6.45) is 2.62. The summed E-state index contributed by atoms with van der Waals surface area (Å²) < 4.78 is 28.0. The van der Waals surface area contributed by atoms with Gasteiger partial charge in [0.1, 0.15) is 0 Å². The molecule has 144 valence electrons. The molecule has 0 amide bonds. The van der Waals surface area contributed by atoms with E-state index >= 15 is 0 Å². The molecule has 3 N–H and O–H groups in total. The summed E-state index contributed by atoms with van der Waals surface area (Å²) in [5.74, 6) is 0. The molecule has 8 nitrogen and oxygen atoms in total. The molecule has 1 aromatic heterocycles. The van der Waals surface area contributed by atoms with Crippen molar-refractivity contribution in [3.8, 4) is 0 Å². The molecule has 0 atom stereocenters. The zero-order chi connectivity index (χ0) is 18.0. The van der Waals surface area contributed by atoms with E-state index in [-0.39, 0.29) is 28.7 Å². The second-order valence-electron chi connectivity index (χ2n) is 6.35. The van der Waals surface area contributed by atoms with E-state index in [1.807, 2.05) is 0 Å². The zero-order valence-electron chi connectivity index (χ0n) is 14.4. The lowest BCUT2D eigenvalue weighted by Crippen LogP contribution is -2.44. The molecule has 0 saturated carbocycles. The topological polar surface area (TPSA) is 115 Å². The smallest absolute Gasteiger partial charge is 0.307 e. The highest BCUT2D eigenvalue weighted by Gasteiger charge is 2.24. The molecule has 2 heterocycles. The molecule has 1 aromatic carbocycles. The Bertz CT molecular complexity index is 978. The second-order valence-corrected chi connectivity index (χ2v) is 8.07. The highest BCUT2D eigenvalue weighted by molar-refractivity contribution is 7.89. The highest BCUT2D eigenvalue weighted by atomic mass is 35.5. The fourth-order valence-electron chi connectivity index (χ4n) is 3.19. The number of aromatic nitrogens is 2. The summed E-state index contributed by atoms with van der Waals surface area (Å²) in [6.45, 7) is 4.91. The predicted molar refractivity (Wildman–Crippen MR) is 103 cm³/mol. The molecule has 0 spiro atoms. The molecule has 0 bridgehead atoms. The van der Waals surface area contributed by atoms with Crippen molar-refractivity contribution in [3.05, 3.63) is 39.0 Å². The van der Waals surface area contributed by atoms with Gasteiger partial charge in [-0.15, -0.1) is 12.4 Å². The minimum atomic E-state index is -3.72.